The molecule has 0 spiro atoms. The molecule has 170 valence electrons. The van der Waals surface area contributed by atoms with Gasteiger partial charge in [-0.3, -0.25) is 0 Å². The number of fused-ring (bicyclic) bond motifs is 2. The minimum atomic E-state index is -0.449. The SMILES string of the molecule is O=C(OCC1CO1)c1ccc2ccccc2c1-c1c(C(=O)OCC2CO2)ccc2ccccc12. The van der Waals surface area contributed by atoms with Crippen LogP contribution in [0.15, 0.2) is 72.8 Å². The molecule has 0 N–H and O–H groups in total. The molecule has 0 aliphatic carbocycles. The summed E-state index contributed by atoms with van der Waals surface area (Å²) >= 11 is 0. The molecule has 0 aromatic heterocycles. The fourth-order valence-electron chi connectivity index (χ4n) is 4.24. The molecule has 2 saturated heterocycles. The molecule has 34 heavy (non-hydrogen) atoms. The maximum absolute atomic E-state index is 13.2. The van der Waals surface area contributed by atoms with E-state index in [1.165, 1.54) is 0 Å². The number of benzene rings is 4. The molecule has 2 unspecified atom stereocenters. The van der Waals surface area contributed by atoms with E-state index < -0.39 is 11.9 Å². The van der Waals surface area contributed by atoms with E-state index in [0.29, 0.717) is 35.5 Å². The van der Waals surface area contributed by atoms with Crippen LogP contribution in [0.4, 0.5) is 0 Å². The second-order valence-electron chi connectivity index (χ2n) is 8.53. The highest BCUT2D eigenvalue weighted by atomic mass is 16.6. The Balaban J connectivity index is 1.57. The molecule has 2 aliphatic rings. The van der Waals surface area contributed by atoms with Gasteiger partial charge in [0, 0.05) is 11.1 Å². The maximum atomic E-state index is 13.2. The zero-order valence-electron chi connectivity index (χ0n) is 18.4. The summed E-state index contributed by atoms with van der Waals surface area (Å²) in [5.74, 6) is -0.898. The van der Waals surface area contributed by atoms with E-state index in [4.69, 9.17) is 18.9 Å². The van der Waals surface area contributed by atoms with E-state index >= 15 is 0 Å². The van der Waals surface area contributed by atoms with Gasteiger partial charge in [-0.1, -0.05) is 60.7 Å². The Morgan fingerprint density at radius 2 is 1.06 bits per heavy atom. The maximum Gasteiger partial charge on any atom is 0.338 e. The average molecular weight is 454 g/mol. The van der Waals surface area contributed by atoms with E-state index in [1.54, 1.807) is 12.1 Å². The van der Waals surface area contributed by atoms with Crippen molar-refractivity contribution >= 4 is 33.5 Å². The number of hydrogen-bond donors (Lipinski definition) is 0. The first-order valence-corrected chi connectivity index (χ1v) is 11.3. The molecule has 4 aromatic carbocycles. The first kappa shape index (κ1) is 20.8. The van der Waals surface area contributed by atoms with Crippen molar-refractivity contribution in [2.24, 2.45) is 0 Å². The third kappa shape index (κ3) is 4.02. The highest BCUT2D eigenvalue weighted by Crippen LogP contribution is 2.40. The molecule has 6 rings (SSSR count). The van der Waals surface area contributed by atoms with Crippen LogP contribution >= 0.6 is 0 Å². The van der Waals surface area contributed by atoms with Crippen molar-refractivity contribution in [1.29, 1.82) is 0 Å². The lowest BCUT2D eigenvalue weighted by molar-refractivity contribution is 0.0467. The van der Waals surface area contributed by atoms with Gasteiger partial charge >= 0.3 is 11.9 Å². The summed E-state index contributed by atoms with van der Waals surface area (Å²) in [5.41, 5.74) is 2.11. The molecule has 0 saturated carbocycles. The first-order valence-electron chi connectivity index (χ1n) is 11.3. The molecule has 6 nitrogen and oxygen atoms in total. The molecule has 6 heteroatoms. The van der Waals surface area contributed by atoms with Gasteiger partial charge in [0.1, 0.15) is 25.4 Å². The van der Waals surface area contributed by atoms with Gasteiger partial charge in [0.2, 0.25) is 0 Å². The van der Waals surface area contributed by atoms with Gasteiger partial charge in [0.05, 0.1) is 24.3 Å². The third-order valence-corrected chi connectivity index (χ3v) is 6.15. The smallest absolute Gasteiger partial charge is 0.338 e. The van der Waals surface area contributed by atoms with Crippen molar-refractivity contribution in [3.63, 3.8) is 0 Å². The molecule has 2 aliphatic heterocycles. The predicted octanol–water partition coefficient (Wildman–Crippen LogP) is 4.77. The molecule has 2 heterocycles. The van der Waals surface area contributed by atoms with Crippen molar-refractivity contribution in [2.45, 2.75) is 12.2 Å². The largest absolute Gasteiger partial charge is 0.459 e. The van der Waals surface area contributed by atoms with Crippen molar-refractivity contribution < 1.29 is 28.5 Å². The Morgan fingerprint density at radius 1 is 0.647 bits per heavy atom. The van der Waals surface area contributed by atoms with Crippen LogP contribution in [0.5, 0.6) is 0 Å². The lowest BCUT2D eigenvalue weighted by Gasteiger charge is -2.18. The van der Waals surface area contributed by atoms with Crippen LogP contribution in [-0.4, -0.2) is 50.6 Å². The summed E-state index contributed by atoms with van der Waals surface area (Å²) in [7, 11) is 0. The number of carbonyl (C=O) groups excluding carboxylic acids is 2. The summed E-state index contributed by atoms with van der Waals surface area (Å²) in [6.45, 7) is 1.61. The van der Waals surface area contributed by atoms with E-state index in [1.807, 2.05) is 60.7 Å². The molecular weight excluding hydrogens is 432 g/mol. The Kier molecular flexibility index (Phi) is 5.24. The van der Waals surface area contributed by atoms with Gasteiger partial charge in [-0.2, -0.15) is 0 Å². The first-order chi connectivity index (χ1) is 16.7. The number of hydrogen-bond acceptors (Lipinski definition) is 6. The zero-order valence-corrected chi connectivity index (χ0v) is 18.4. The Morgan fingerprint density at radius 3 is 1.47 bits per heavy atom. The fraction of sp³-hybridized carbons (Fsp3) is 0.214. The molecule has 0 amide bonds. The van der Waals surface area contributed by atoms with Crippen molar-refractivity contribution in [1.82, 2.24) is 0 Å². The number of carbonyl (C=O) groups is 2. The molecule has 2 atom stereocenters. The number of esters is 2. The Hall–Kier alpha value is -3.74. The van der Waals surface area contributed by atoms with Crippen LogP contribution in [0.25, 0.3) is 32.7 Å². The van der Waals surface area contributed by atoms with Crippen LogP contribution in [0.1, 0.15) is 20.7 Å². The van der Waals surface area contributed by atoms with Crippen LogP contribution in [0.3, 0.4) is 0 Å². The summed E-state index contributed by atoms with van der Waals surface area (Å²) in [6.07, 6.45) is -0.0822. The number of rotatable bonds is 7. The molecule has 0 bridgehead atoms. The molecule has 4 aromatic rings. The topological polar surface area (TPSA) is 77.7 Å². The summed E-state index contributed by atoms with van der Waals surface area (Å²) in [4.78, 5) is 26.5. The third-order valence-electron chi connectivity index (χ3n) is 6.15. The summed E-state index contributed by atoms with van der Waals surface area (Å²) in [6, 6.07) is 23.0. The highest BCUT2D eigenvalue weighted by Gasteiger charge is 2.29. The van der Waals surface area contributed by atoms with Crippen molar-refractivity contribution in [3.8, 4) is 11.1 Å². The molecule has 2 fully saturated rings. The quantitative estimate of drug-likeness (QED) is 0.296. The van der Waals surface area contributed by atoms with Crippen molar-refractivity contribution in [2.75, 3.05) is 26.4 Å². The van der Waals surface area contributed by atoms with Crippen LogP contribution in [-0.2, 0) is 18.9 Å². The van der Waals surface area contributed by atoms with Gasteiger partial charge < -0.3 is 18.9 Å². The molecule has 0 radical (unpaired) electrons. The Labute approximate surface area is 196 Å². The highest BCUT2D eigenvalue weighted by molar-refractivity contribution is 6.17. The normalized spacial score (nSPS) is 18.6. The minimum Gasteiger partial charge on any atom is -0.459 e. The van der Waals surface area contributed by atoms with E-state index in [9.17, 15) is 9.59 Å². The van der Waals surface area contributed by atoms with Gasteiger partial charge in [-0.15, -0.1) is 0 Å². The van der Waals surface area contributed by atoms with Gasteiger partial charge in [0.25, 0.3) is 0 Å². The predicted molar refractivity (Wildman–Crippen MR) is 127 cm³/mol. The Bertz CT molecular complexity index is 1310. The second-order valence-corrected chi connectivity index (χ2v) is 8.53. The fourth-order valence-corrected chi connectivity index (χ4v) is 4.24. The van der Waals surface area contributed by atoms with Gasteiger partial charge in [-0.25, -0.2) is 9.59 Å². The van der Waals surface area contributed by atoms with Gasteiger partial charge in [-0.05, 0) is 33.7 Å². The van der Waals surface area contributed by atoms with Crippen LogP contribution in [0.2, 0.25) is 0 Å². The van der Waals surface area contributed by atoms with E-state index in [2.05, 4.69) is 0 Å². The summed E-state index contributed by atoms with van der Waals surface area (Å²) < 4.78 is 21.5. The lowest BCUT2D eigenvalue weighted by atomic mass is 9.87. The summed E-state index contributed by atoms with van der Waals surface area (Å²) in [5, 5.41) is 3.63. The second kappa shape index (κ2) is 8.56. The van der Waals surface area contributed by atoms with Crippen LogP contribution in [0, 0.1) is 0 Å². The van der Waals surface area contributed by atoms with Crippen molar-refractivity contribution in [3.05, 3.63) is 83.9 Å². The minimum absolute atomic E-state index is 0.0411. The zero-order chi connectivity index (χ0) is 23.1. The lowest BCUT2D eigenvalue weighted by Crippen LogP contribution is -2.14. The molecular formula is C28H22O6. The standard InChI is InChI=1S/C28H22O6/c29-27(33-15-19-13-31-19)23-11-9-17-5-1-3-7-21(17)25(23)26-22-8-4-2-6-18(22)10-12-24(26)28(30)34-16-20-14-32-20/h1-12,19-20H,13-16H2. The van der Waals surface area contributed by atoms with Crippen LogP contribution < -0.4 is 0 Å². The van der Waals surface area contributed by atoms with E-state index in [-0.39, 0.29) is 25.4 Å². The number of ether oxygens (including phenoxy) is 4. The van der Waals surface area contributed by atoms with Gasteiger partial charge in [0.15, 0.2) is 0 Å². The number of epoxide rings is 2. The monoisotopic (exact) mass is 454 g/mol. The van der Waals surface area contributed by atoms with E-state index in [0.717, 1.165) is 21.5 Å². The average Bonchev–Trinajstić information content (AvgIpc) is 3.80.